The van der Waals surface area contributed by atoms with E-state index in [0.29, 0.717) is 19.4 Å². The molecule has 0 aromatic heterocycles. The maximum atomic E-state index is 13.3. The lowest BCUT2D eigenvalue weighted by Gasteiger charge is -2.31. The Morgan fingerprint density at radius 2 is 2.15 bits per heavy atom. The number of hydrogen-bond acceptors (Lipinski definition) is 3. The van der Waals surface area contributed by atoms with Crippen LogP contribution >= 0.6 is 0 Å². The van der Waals surface area contributed by atoms with E-state index in [4.69, 9.17) is 4.74 Å². The molecule has 0 radical (unpaired) electrons. The van der Waals surface area contributed by atoms with E-state index in [-0.39, 0.29) is 11.3 Å². The van der Waals surface area contributed by atoms with E-state index < -0.39 is 23.2 Å². The number of benzene rings is 1. The van der Waals surface area contributed by atoms with Crippen molar-refractivity contribution >= 4 is 11.9 Å². The fraction of sp³-hybridized carbons (Fsp3) is 0.429. The summed E-state index contributed by atoms with van der Waals surface area (Å²) >= 11 is 0. The summed E-state index contributed by atoms with van der Waals surface area (Å²) < 4.78 is 18.2. The first-order valence-electron chi connectivity index (χ1n) is 6.29. The lowest BCUT2D eigenvalue weighted by molar-refractivity contribution is -0.147. The number of rotatable bonds is 3. The third kappa shape index (κ3) is 2.21. The lowest BCUT2D eigenvalue weighted by atomic mass is 9.98. The zero-order chi connectivity index (χ0) is 14.9. The van der Waals surface area contributed by atoms with Gasteiger partial charge in [0.2, 0.25) is 0 Å². The maximum absolute atomic E-state index is 13.3. The van der Waals surface area contributed by atoms with E-state index in [2.05, 4.69) is 0 Å². The molecule has 0 aliphatic carbocycles. The van der Waals surface area contributed by atoms with E-state index in [9.17, 15) is 19.1 Å². The molecular formula is C14H16FNO4. The van der Waals surface area contributed by atoms with Crippen LogP contribution < -0.4 is 4.74 Å². The Bertz CT molecular complexity index is 560. The quantitative estimate of drug-likeness (QED) is 0.919. The standard InChI is InChI=1S/C14H16FNO4/c1-14(13(18)19)6-3-7-16(14)12(17)9-4-5-10(15)11(8-9)20-2/h4-5,8H,3,6-7H2,1-2H3,(H,18,19). The van der Waals surface area contributed by atoms with Crippen LogP contribution in [0.4, 0.5) is 4.39 Å². The van der Waals surface area contributed by atoms with E-state index in [0.717, 1.165) is 6.07 Å². The molecule has 1 amide bonds. The highest BCUT2D eigenvalue weighted by Gasteiger charge is 2.46. The molecule has 6 heteroatoms. The van der Waals surface area contributed by atoms with Gasteiger partial charge < -0.3 is 14.7 Å². The molecule has 1 heterocycles. The smallest absolute Gasteiger partial charge is 0.329 e. The topological polar surface area (TPSA) is 66.8 Å². The molecule has 1 aromatic rings. The molecule has 1 unspecified atom stereocenters. The van der Waals surface area contributed by atoms with Gasteiger partial charge in [0.25, 0.3) is 5.91 Å². The number of carbonyl (C=O) groups excluding carboxylic acids is 1. The van der Waals surface area contributed by atoms with E-state index in [1.807, 2.05) is 0 Å². The second-order valence-electron chi connectivity index (χ2n) is 4.99. The van der Waals surface area contributed by atoms with Crippen molar-refractivity contribution in [3.63, 3.8) is 0 Å². The molecule has 1 aromatic carbocycles. The highest BCUT2D eigenvalue weighted by atomic mass is 19.1. The van der Waals surface area contributed by atoms with Crippen molar-refractivity contribution in [1.82, 2.24) is 4.90 Å². The summed E-state index contributed by atoms with van der Waals surface area (Å²) in [7, 11) is 1.31. The number of carboxylic acid groups (broad SMARTS) is 1. The van der Waals surface area contributed by atoms with Crippen molar-refractivity contribution in [2.75, 3.05) is 13.7 Å². The van der Waals surface area contributed by atoms with Crippen LogP contribution in [0.15, 0.2) is 18.2 Å². The monoisotopic (exact) mass is 281 g/mol. The summed E-state index contributed by atoms with van der Waals surface area (Å²) in [5, 5.41) is 9.31. The van der Waals surface area contributed by atoms with Crippen LogP contribution in [0.25, 0.3) is 0 Å². The maximum Gasteiger partial charge on any atom is 0.329 e. The third-order valence-electron chi connectivity index (χ3n) is 3.74. The van der Waals surface area contributed by atoms with Crippen LogP contribution in [0.2, 0.25) is 0 Å². The average molecular weight is 281 g/mol. The van der Waals surface area contributed by atoms with Crippen molar-refractivity contribution in [2.45, 2.75) is 25.3 Å². The summed E-state index contributed by atoms with van der Waals surface area (Å²) in [6.07, 6.45) is 1.04. The first kappa shape index (κ1) is 14.3. The zero-order valence-electron chi connectivity index (χ0n) is 11.4. The molecule has 20 heavy (non-hydrogen) atoms. The van der Waals surface area contributed by atoms with Gasteiger partial charge in [0, 0.05) is 12.1 Å². The summed E-state index contributed by atoms with van der Waals surface area (Å²) in [6, 6.07) is 3.76. The number of carboxylic acids is 1. The Balaban J connectivity index is 2.34. The Hall–Kier alpha value is -2.11. The van der Waals surface area contributed by atoms with E-state index in [1.54, 1.807) is 0 Å². The molecule has 108 valence electrons. The summed E-state index contributed by atoms with van der Waals surface area (Å²) in [4.78, 5) is 25.1. The Labute approximate surface area is 116 Å². The number of ether oxygens (including phenoxy) is 1. The zero-order valence-corrected chi connectivity index (χ0v) is 11.4. The van der Waals surface area contributed by atoms with Gasteiger partial charge in [-0.25, -0.2) is 9.18 Å². The highest BCUT2D eigenvalue weighted by molar-refractivity contribution is 5.98. The summed E-state index contributed by atoms with van der Waals surface area (Å²) in [5.41, 5.74) is -0.990. The number of halogens is 1. The van der Waals surface area contributed by atoms with Crippen LogP contribution in [0.5, 0.6) is 5.75 Å². The molecule has 1 aliphatic rings. The Kier molecular flexibility index (Phi) is 3.65. The molecule has 0 bridgehead atoms. The summed E-state index contributed by atoms with van der Waals surface area (Å²) in [6.45, 7) is 1.91. The van der Waals surface area contributed by atoms with Crippen LogP contribution in [-0.2, 0) is 4.79 Å². The van der Waals surface area contributed by atoms with Crippen molar-refractivity contribution in [1.29, 1.82) is 0 Å². The molecule has 1 N–H and O–H groups in total. The van der Waals surface area contributed by atoms with E-state index >= 15 is 0 Å². The molecule has 1 fully saturated rings. The van der Waals surface area contributed by atoms with Crippen LogP contribution in [-0.4, -0.2) is 41.1 Å². The van der Waals surface area contributed by atoms with Crippen molar-refractivity contribution in [3.05, 3.63) is 29.6 Å². The van der Waals surface area contributed by atoms with Gasteiger partial charge in [0.05, 0.1) is 7.11 Å². The number of likely N-dealkylation sites (tertiary alicyclic amines) is 1. The largest absolute Gasteiger partial charge is 0.494 e. The van der Waals surface area contributed by atoms with Crippen LogP contribution in [0.3, 0.4) is 0 Å². The first-order chi connectivity index (χ1) is 9.40. The Morgan fingerprint density at radius 3 is 2.75 bits per heavy atom. The minimum atomic E-state index is -1.21. The van der Waals surface area contributed by atoms with E-state index in [1.165, 1.54) is 31.1 Å². The second kappa shape index (κ2) is 5.11. The van der Waals surface area contributed by atoms with Crippen molar-refractivity contribution in [3.8, 4) is 5.75 Å². The van der Waals surface area contributed by atoms with Gasteiger partial charge in [-0.3, -0.25) is 4.79 Å². The minimum Gasteiger partial charge on any atom is -0.494 e. The number of amides is 1. The van der Waals surface area contributed by atoms with Crippen LogP contribution in [0.1, 0.15) is 30.1 Å². The van der Waals surface area contributed by atoms with Crippen molar-refractivity contribution in [2.24, 2.45) is 0 Å². The summed E-state index contributed by atoms with van der Waals surface area (Å²) in [5.74, 6) is -2.05. The molecule has 1 atom stereocenters. The molecule has 1 saturated heterocycles. The molecule has 0 saturated carbocycles. The SMILES string of the molecule is COc1cc(C(=O)N2CCCC2(C)C(=O)O)ccc1F. The molecule has 5 nitrogen and oxygen atoms in total. The van der Waals surface area contributed by atoms with Gasteiger partial charge in [-0.2, -0.15) is 0 Å². The molecule has 1 aliphatic heterocycles. The van der Waals surface area contributed by atoms with Gasteiger partial charge in [0.1, 0.15) is 5.54 Å². The van der Waals surface area contributed by atoms with Crippen LogP contribution in [0, 0.1) is 5.82 Å². The number of methoxy groups -OCH3 is 1. The van der Waals surface area contributed by atoms with Gasteiger partial charge >= 0.3 is 5.97 Å². The fourth-order valence-electron chi connectivity index (χ4n) is 2.46. The van der Waals surface area contributed by atoms with Gasteiger partial charge in [-0.1, -0.05) is 0 Å². The normalized spacial score (nSPS) is 21.9. The van der Waals surface area contributed by atoms with Gasteiger partial charge in [-0.05, 0) is 38.0 Å². The number of carbonyl (C=O) groups is 2. The Morgan fingerprint density at radius 1 is 1.45 bits per heavy atom. The predicted octanol–water partition coefficient (Wildman–Crippen LogP) is 1.91. The predicted molar refractivity (Wildman–Crippen MR) is 69.3 cm³/mol. The van der Waals surface area contributed by atoms with Gasteiger partial charge in [-0.15, -0.1) is 0 Å². The molecule has 2 rings (SSSR count). The highest BCUT2D eigenvalue weighted by Crippen LogP contribution is 2.31. The lowest BCUT2D eigenvalue weighted by Crippen LogP contribution is -2.50. The van der Waals surface area contributed by atoms with Gasteiger partial charge in [0.15, 0.2) is 11.6 Å². The average Bonchev–Trinajstić information content (AvgIpc) is 2.82. The molecule has 0 spiro atoms. The number of hydrogen-bond donors (Lipinski definition) is 1. The fourth-order valence-corrected chi connectivity index (χ4v) is 2.46. The first-order valence-corrected chi connectivity index (χ1v) is 6.29. The third-order valence-corrected chi connectivity index (χ3v) is 3.74. The second-order valence-corrected chi connectivity index (χ2v) is 4.99. The molecular weight excluding hydrogens is 265 g/mol. The van der Waals surface area contributed by atoms with Crippen molar-refractivity contribution < 1.29 is 23.8 Å². The number of aliphatic carboxylic acids is 1. The minimum absolute atomic E-state index is 0.0351. The number of nitrogens with zero attached hydrogens (tertiary/aromatic N) is 1.